The number of rotatable bonds is 5. The summed E-state index contributed by atoms with van der Waals surface area (Å²) in [5.74, 6) is 0.203. The van der Waals surface area contributed by atoms with Crippen molar-refractivity contribution in [2.24, 2.45) is 0 Å². The van der Waals surface area contributed by atoms with Crippen molar-refractivity contribution < 1.29 is 18.3 Å². The lowest BCUT2D eigenvalue weighted by atomic mass is 9.89. The molecule has 26 heavy (non-hydrogen) atoms. The first kappa shape index (κ1) is 20.8. The van der Waals surface area contributed by atoms with E-state index in [0.29, 0.717) is 23.7 Å². The zero-order valence-corrected chi connectivity index (χ0v) is 16.9. The molecule has 0 amide bonds. The van der Waals surface area contributed by atoms with Crippen molar-refractivity contribution in [3.63, 3.8) is 0 Å². The molecule has 2 rings (SSSR count). The Labute approximate surface area is 155 Å². The van der Waals surface area contributed by atoms with Gasteiger partial charge in [0.1, 0.15) is 5.75 Å². The van der Waals surface area contributed by atoms with Crippen molar-refractivity contribution in [3.05, 3.63) is 58.1 Å². The van der Waals surface area contributed by atoms with Gasteiger partial charge >= 0.3 is 6.18 Å². The largest absolute Gasteiger partial charge is 0.507 e. The van der Waals surface area contributed by atoms with Crippen LogP contribution in [0.4, 0.5) is 13.2 Å². The molecule has 0 spiro atoms. The highest BCUT2D eigenvalue weighted by Gasteiger charge is 2.38. The van der Waals surface area contributed by atoms with E-state index in [2.05, 4.69) is 0 Å². The Morgan fingerprint density at radius 2 is 1.54 bits per heavy atom. The zero-order valence-electron chi connectivity index (χ0n) is 15.9. The summed E-state index contributed by atoms with van der Waals surface area (Å²) in [7, 11) is -0.0763. The molecular formula is C21H26F3OP. The molecule has 0 aliphatic carbocycles. The molecule has 0 radical (unpaired) electrons. The van der Waals surface area contributed by atoms with Crippen LogP contribution in [0, 0.1) is 20.8 Å². The van der Waals surface area contributed by atoms with E-state index in [4.69, 9.17) is 0 Å². The quantitative estimate of drug-likeness (QED) is 0.597. The standard InChI is InChI=1S/C21H26F3OP/c1-6-20(7-2,17-12-13(3)11-15(5)18(17)25)26-19-14(4)9-8-10-16(19)21(22,23)24/h8-12,25-26H,6-7H2,1-5H3. The van der Waals surface area contributed by atoms with Gasteiger partial charge in [0, 0.05) is 10.7 Å². The number of phenolic OH excluding ortho intramolecular Hbond substituents is 1. The lowest BCUT2D eigenvalue weighted by Gasteiger charge is -2.35. The number of aryl methyl sites for hydroxylation is 3. The Balaban J connectivity index is 2.68. The molecule has 2 aromatic carbocycles. The zero-order chi connectivity index (χ0) is 19.7. The molecule has 0 aliphatic rings. The van der Waals surface area contributed by atoms with Gasteiger partial charge in [0.25, 0.3) is 0 Å². The van der Waals surface area contributed by atoms with Crippen LogP contribution < -0.4 is 5.30 Å². The topological polar surface area (TPSA) is 20.2 Å². The Hall–Kier alpha value is -1.54. The minimum atomic E-state index is -4.38. The Morgan fingerprint density at radius 3 is 2.08 bits per heavy atom. The average molecular weight is 382 g/mol. The predicted octanol–water partition coefficient (Wildman–Crippen LogP) is 6.36. The second-order valence-corrected chi connectivity index (χ2v) is 8.59. The molecule has 1 N–H and O–H groups in total. The van der Waals surface area contributed by atoms with Gasteiger partial charge in [0.05, 0.1) is 5.56 Å². The van der Waals surface area contributed by atoms with E-state index in [1.54, 1.807) is 13.0 Å². The van der Waals surface area contributed by atoms with Crippen molar-refractivity contribution in [1.29, 1.82) is 0 Å². The van der Waals surface area contributed by atoms with Gasteiger partial charge in [0.15, 0.2) is 0 Å². The summed E-state index contributed by atoms with van der Waals surface area (Å²) >= 11 is 0. The van der Waals surface area contributed by atoms with Crippen molar-refractivity contribution >= 4 is 13.9 Å². The van der Waals surface area contributed by atoms with Gasteiger partial charge in [-0.05, 0) is 56.1 Å². The van der Waals surface area contributed by atoms with Crippen LogP contribution in [0.2, 0.25) is 0 Å². The van der Waals surface area contributed by atoms with E-state index >= 15 is 0 Å². The molecule has 5 heteroatoms. The molecule has 1 unspecified atom stereocenters. The Bertz CT molecular complexity index is 793. The third-order valence-corrected chi connectivity index (χ3v) is 7.48. The normalized spacial score (nSPS) is 12.9. The molecule has 1 nitrogen and oxygen atoms in total. The molecule has 0 aliphatic heterocycles. The molecular weight excluding hydrogens is 356 g/mol. The number of phenols is 1. The van der Waals surface area contributed by atoms with Crippen LogP contribution in [0.5, 0.6) is 5.75 Å². The van der Waals surface area contributed by atoms with Crippen molar-refractivity contribution in [3.8, 4) is 5.75 Å². The first-order valence-electron chi connectivity index (χ1n) is 8.81. The van der Waals surface area contributed by atoms with E-state index in [0.717, 1.165) is 22.8 Å². The highest BCUT2D eigenvalue weighted by molar-refractivity contribution is 7.48. The number of hydrogen-bond donors (Lipinski definition) is 1. The van der Waals surface area contributed by atoms with Crippen LogP contribution in [-0.2, 0) is 11.3 Å². The molecule has 0 heterocycles. The van der Waals surface area contributed by atoms with E-state index in [-0.39, 0.29) is 14.3 Å². The molecule has 0 bridgehead atoms. The minimum absolute atomic E-state index is 0.0763. The highest BCUT2D eigenvalue weighted by atomic mass is 31.1. The molecule has 0 saturated carbocycles. The number of hydrogen-bond acceptors (Lipinski definition) is 1. The number of benzene rings is 2. The summed E-state index contributed by atoms with van der Waals surface area (Å²) in [6, 6.07) is 8.17. The number of alkyl halides is 3. The summed E-state index contributed by atoms with van der Waals surface area (Å²) in [6.45, 7) is 9.48. The first-order chi connectivity index (χ1) is 12.1. The summed E-state index contributed by atoms with van der Waals surface area (Å²) in [6.07, 6.45) is -3.07. The van der Waals surface area contributed by atoms with Crippen LogP contribution in [0.1, 0.15) is 54.5 Å². The fourth-order valence-corrected chi connectivity index (χ4v) is 5.31. The van der Waals surface area contributed by atoms with Crippen LogP contribution in [0.3, 0.4) is 0 Å². The molecule has 0 aromatic heterocycles. The maximum Gasteiger partial charge on any atom is 0.417 e. The number of halogens is 3. The van der Waals surface area contributed by atoms with Gasteiger partial charge in [-0.3, -0.25) is 0 Å². The smallest absolute Gasteiger partial charge is 0.417 e. The fraction of sp³-hybridized carbons (Fsp3) is 0.429. The average Bonchev–Trinajstić information content (AvgIpc) is 2.56. The summed E-state index contributed by atoms with van der Waals surface area (Å²) < 4.78 is 40.7. The summed E-state index contributed by atoms with van der Waals surface area (Å²) in [4.78, 5) is 0. The molecule has 142 valence electrons. The molecule has 2 aromatic rings. The van der Waals surface area contributed by atoms with Gasteiger partial charge in [-0.25, -0.2) is 0 Å². The summed E-state index contributed by atoms with van der Waals surface area (Å²) in [5.41, 5.74) is 2.61. The van der Waals surface area contributed by atoms with Gasteiger partial charge in [-0.15, -0.1) is 0 Å². The third-order valence-electron chi connectivity index (χ3n) is 5.11. The summed E-state index contributed by atoms with van der Waals surface area (Å²) in [5, 5.41) is 10.5. The Kier molecular flexibility index (Phi) is 6.07. The van der Waals surface area contributed by atoms with E-state index in [1.807, 2.05) is 39.8 Å². The second-order valence-electron chi connectivity index (χ2n) is 6.89. The van der Waals surface area contributed by atoms with Gasteiger partial charge in [-0.1, -0.05) is 52.3 Å². The minimum Gasteiger partial charge on any atom is -0.507 e. The van der Waals surface area contributed by atoms with Crippen LogP contribution >= 0.6 is 8.58 Å². The van der Waals surface area contributed by atoms with Gasteiger partial charge in [0.2, 0.25) is 0 Å². The fourth-order valence-electron chi connectivity index (χ4n) is 3.51. The van der Waals surface area contributed by atoms with Crippen molar-refractivity contribution in [2.45, 2.75) is 58.8 Å². The van der Waals surface area contributed by atoms with E-state index < -0.39 is 16.9 Å². The highest BCUT2D eigenvalue weighted by Crippen LogP contribution is 2.52. The van der Waals surface area contributed by atoms with Gasteiger partial charge < -0.3 is 5.11 Å². The predicted molar refractivity (Wildman–Crippen MR) is 104 cm³/mol. The van der Waals surface area contributed by atoms with Crippen LogP contribution in [0.25, 0.3) is 0 Å². The van der Waals surface area contributed by atoms with Gasteiger partial charge in [-0.2, -0.15) is 13.2 Å². The lowest BCUT2D eigenvalue weighted by Crippen LogP contribution is -2.27. The van der Waals surface area contributed by atoms with Crippen LogP contribution in [-0.4, -0.2) is 5.11 Å². The molecule has 0 saturated heterocycles. The first-order valence-corrected chi connectivity index (χ1v) is 9.81. The monoisotopic (exact) mass is 382 g/mol. The Morgan fingerprint density at radius 1 is 0.923 bits per heavy atom. The lowest BCUT2D eigenvalue weighted by molar-refractivity contribution is -0.136. The second kappa shape index (κ2) is 7.60. The van der Waals surface area contributed by atoms with E-state index in [1.165, 1.54) is 6.07 Å². The van der Waals surface area contributed by atoms with Crippen molar-refractivity contribution in [2.75, 3.05) is 0 Å². The maximum atomic E-state index is 13.6. The van der Waals surface area contributed by atoms with E-state index in [9.17, 15) is 18.3 Å². The third kappa shape index (κ3) is 3.91. The molecule has 1 atom stereocenters. The number of aromatic hydroxyl groups is 1. The molecule has 0 fully saturated rings. The SMILES string of the molecule is CCC(CC)(Pc1c(C)cccc1C(F)(F)F)c1cc(C)cc(C)c1O. The van der Waals surface area contributed by atoms with Crippen LogP contribution in [0.15, 0.2) is 30.3 Å². The maximum absolute atomic E-state index is 13.6. The van der Waals surface area contributed by atoms with Crippen molar-refractivity contribution in [1.82, 2.24) is 0 Å².